The SMILES string of the molecule is CCNCCC(=O)N[C@@H](C)c1ccco1. The van der Waals surface area contributed by atoms with Crippen LogP contribution in [0.4, 0.5) is 0 Å². The Balaban J connectivity index is 2.26. The van der Waals surface area contributed by atoms with Gasteiger partial charge in [0.25, 0.3) is 0 Å². The fourth-order valence-electron chi connectivity index (χ4n) is 1.30. The summed E-state index contributed by atoms with van der Waals surface area (Å²) in [4.78, 5) is 11.4. The molecule has 1 rings (SSSR count). The van der Waals surface area contributed by atoms with Crippen LogP contribution < -0.4 is 10.6 Å². The molecule has 0 aromatic carbocycles. The molecule has 1 aromatic rings. The van der Waals surface area contributed by atoms with Crippen molar-refractivity contribution < 1.29 is 9.21 Å². The van der Waals surface area contributed by atoms with Gasteiger partial charge in [-0.1, -0.05) is 6.92 Å². The minimum atomic E-state index is -0.0610. The Labute approximate surface area is 90.0 Å². The Morgan fingerprint density at radius 2 is 2.40 bits per heavy atom. The fourth-order valence-corrected chi connectivity index (χ4v) is 1.30. The van der Waals surface area contributed by atoms with Crippen molar-refractivity contribution in [2.75, 3.05) is 13.1 Å². The maximum atomic E-state index is 11.4. The zero-order valence-electron chi connectivity index (χ0n) is 9.25. The molecule has 0 saturated heterocycles. The molecule has 0 unspecified atom stereocenters. The molecule has 0 aliphatic heterocycles. The molecule has 0 spiro atoms. The van der Waals surface area contributed by atoms with E-state index in [1.807, 2.05) is 26.0 Å². The third-order valence-electron chi connectivity index (χ3n) is 2.13. The molecule has 4 nitrogen and oxygen atoms in total. The molecule has 0 aliphatic rings. The van der Waals surface area contributed by atoms with E-state index in [2.05, 4.69) is 10.6 Å². The molecule has 2 N–H and O–H groups in total. The van der Waals surface area contributed by atoms with Crippen LogP contribution in [0, 0.1) is 0 Å². The molecule has 15 heavy (non-hydrogen) atoms. The molecule has 1 amide bonds. The van der Waals surface area contributed by atoms with E-state index in [1.54, 1.807) is 6.26 Å². The molecule has 0 bridgehead atoms. The van der Waals surface area contributed by atoms with Crippen LogP contribution in [0.1, 0.15) is 32.1 Å². The third kappa shape index (κ3) is 4.16. The van der Waals surface area contributed by atoms with Crippen LogP contribution in [0.25, 0.3) is 0 Å². The Kier molecular flexibility index (Phi) is 4.90. The zero-order valence-corrected chi connectivity index (χ0v) is 9.25. The summed E-state index contributed by atoms with van der Waals surface area (Å²) < 4.78 is 5.19. The topological polar surface area (TPSA) is 54.3 Å². The number of amides is 1. The van der Waals surface area contributed by atoms with Gasteiger partial charge in [0.05, 0.1) is 12.3 Å². The Hall–Kier alpha value is -1.29. The maximum Gasteiger partial charge on any atom is 0.221 e. The van der Waals surface area contributed by atoms with E-state index in [9.17, 15) is 4.79 Å². The fraction of sp³-hybridized carbons (Fsp3) is 0.545. The molecule has 0 radical (unpaired) electrons. The molecule has 0 aliphatic carbocycles. The second kappa shape index (κ2) is 6.24. The van der Waals surface area contributed by atoms with Crippen LogP contribution in [0.2, 0.25) is 0 Å². The quantitative estimate of drug-likeness (QED) is 0.699. The normalized spacial score (nSPS) is 12.4. The monoisotopic (exact) mass is 210 g/mol. The highest BCUT2D eigenvalue weighted by Gasteiger charge is 2.10. The first-order valence-corrected chi connectivity index (χ1v) is 5.27. The summed E-state index contributed by atoms with van der Waals surface area (Å²) >= 11 is 0. The lowest BCUT2D eigenvalue weighted by Gasteiger charge is -2.11. The van der Waals surface area contributed by atoms with Crippen molar-refractivity contribution in [3.63, 3.8) is 0 Å². The van der Waals surface area contributed by atoms with Gasteiger partial charge < -0.3 is 15.1 Å². The van der Waals surface area contributed by atoms with Gasteiger partial charge in [-0.3, -0.25) is 4.79 Å². The van der Waals surface area contributed by atoms with E-state index in [4.69, 9.17) is 4.42 Å². The Bertz CT molecular complexity index is 283. The molecule has 0 saturated carbocycles. The van der Waals surface area contributed by atoms with Crippen LogP contribution in [-0.4, -0.2) is 19.0 Å². The van der Waals surface area contributed by atoms with Crippen LogP contribution in [0.3, 0.4) is 0 Å². The van der Waals surface area contributed by atoms with Gasteiger partial charge in [0, 0.05) is 13.0 Å². The summed E-state index contributed by atoms with van der Waals surface area (Å²) in [5, 5.41) is 5.97. The number of hydrogen-bond acceptors (Lipinski definition) is 3. The van der Waals surface area contributed by atoms with Gasteiger partial charge in [0.1, 0.15) is 5.76 Å². The highest BCUT2D eigenvalue weighted by molar-refractivity contribution is 5.76. The van der Waals surface area contributed by atoms with Crippen molar-refractivity contribution in [2.24, 2.45) is 0 Å². The van der Waals surface area contributed by atoms with E-state index in [1.165, 1.54) is 0 Å². The molecule has 1 heterocycles. The Morgan fingerprint density at radius 1 is 1.60 bits per heavy atom. The first-order chi connectivity index (χ1) is 7.24. The Morgan fingerprint density at radius 3 is 3.00 bits per heavy atom. The van der Waals surface area contributed by atoms with Crippen LogP contribution in [0.5, 0.6) is 0 Å². The molecular formula is C11H18N2O2. The predicted octanol–water partition coefficient (Wildman–Crippen LogP) is 1.46. The summed E-state index contributed by atoms with van der Waals surface area (Å²) in [6, 6.07) is 3.61. The van der Waals surface area contributed by atoms with E-state index in [-0.39, 0.29) is 11.9 Å². The van der Waals surface area contributed by atoms with Gasteiger partial charge in [0.15, 0.2) is 0 Å². The highest BCUT2D eigenvalue weighted by atomic mass is 16.3. The molecule has 0 fully saturated rings. The van der Waals surface area contributed by atoms with Crippen molar-refractivity contribution in [3.8, 4) is 0 Å². The first kappa shape index (κ1) is 11.8. The number of carbonyl (C=O) groups excluding carboxylic acids is 1. The minimum Gasteiger partial charge on any atom is -0.467 e. The van der Waals surface area contributed by atoms with Gasteiger partial charge in [-0.15, -0.1) is 0 Å². The van der Waals surface area contributed by atoms with Gasteiger partial charge >= 0.3 is 0 Å². The number of carbonyl (C=O) groups is 1. The van der Waals surface area contributed by atoms with Crippen LogP contribution in [0.15, 0.2) is 22.8 Å². The van der Waals surface area contributed by atoms with E-state index >= 15 is 0 Å². The van der Waals surface area contributed by atoms with Gasteiger partial charge in [0.2, 0.25) is 5.91 Å². The van der Waals surface area contributed by atoms with Gasteiger partial charge in [-0.25, -0.2) is 0 Å². The van der Waals surface area contributed by atoms with Gasteiger partial charge in [-0.2, -0.15) is 0 Å². The van der Waals surface area contributed by atoms with E-state index in [0.717, 1.165) is 12.3 Å². The summed E-state index contributed by atoms with van der Waals surface area (Å²) in [5.41, 5.74) is 0. The van der Waals surface area contributed by atoms with E-state index < -0.39 is 0 Å². The number of nitrogens with one attached hydrogen (secondary N) is 2. The lowest BCUT2D eigenvalue weighted by atomic mass is 10.2. The van der Waals surface area contributed by atoms with Crippen molar-refractivity contribution in [3.05, 3.63) is 24.2 Å². The lowest BCUT2D eigenvalue weighted by Crippen LogP contribution is -2.29. The van der Waals surface area contributed by atoms with Crippen LogP contribution >= 0.6 is 0 Å². The second-order valence-corrected chi connectivity index (χ2v) is 3.41. The largest absolute Gasteiger partial charge is 0.467 e. The van der Waals surface area contributed by atoms with Crippen molar-refractivity contribution in [2.45, 2.75) is 26.3 Å². The minimum absolute atomic E-state index is 0.0415. The van der Waals surface area contributed by atoms with Crippen molar-refractivity contribution >= 4 is 5.91 Å². The summed E-state index contributed by atoms with van der Waals surface area (Å²) in [6.45, 7) is 5.53. The molecule has 84 valence electrons. The molecule has 1 aromatic heterocycles. The standard InChI is InChI=1S/C11H18N2O2/c1-3-12-7-6-11(14)13-9(2)10-5-4-8-15-10/h4-5,8-9,12H,3,6-7H2,1-2H3,(H,13,14)/t9-/m0/s1. The lowest BCUT2D eigenvalue weighted by molar-refractivity contribution is -0.121. The maximum absolute atomic E-state index is 11.4. The van der Waals surface area contributed by atoms with Crippen LogP contribution in [-0.2, 0) is 4.79 Å². The average Bonchev–Trinajstić information content (AvgIpc) is 2.70. The molecule has 1 atom stereocenters. The molecular weight excluding hydrogens is 192 g/mol. The summed E-state index contributed by atoms with van der Waals surface area (Å²) in [5.74, 6) is 0.826. The third-order valence-corrected chi connectivity index (χ3v) is 2.13. The van der Waals surface area contributed by atoms with E-state index in [0.29, 0.717) is 13.0 Å². The second-order valence-electron chi connectivity index (χ2n) is 3.41. The van der Waals surface area contributed by atoms with Gasteiger partial charge in [-0.05, 0) is 25.6 Å². The van der Waals surface area contributed by atoms with Crippen molar-refractivity contribution in [1.29, 1.82) is 0 Å². The number of furan rings is 1. The molecule has 4 heteroatoms. The zero-order chi connectivity index (χ0) is 11.1. The predicted molar refractivity (Wildman–Crippen MR) is 58.4 cm³/mol. The average molecular weight is 210 g/mol. The summed E-state index contributed by atoms with van der Waals surface area (Å²) in [7, 11) is 0. The van der Waals surface area contributed by atoms with Crippen molar-refractivity contribution in [1.82, 2.24) is 10.6 Å². The number of rotatable bonds is 6. The first-order valence-electron chi connectivity index (χ1n) is 5.27. The highest BCUT2D eigenvalue weighted by Crippen LogP contribution is 2.11. The summed E-state index contributed by atoms with van der Waals surface area (Å²) in [6.07, 6.45) is 2.11. The smallest absolute Gasteiger partial charge is 0.221 e. The number of hydrogen-bond donors (Lipinski definition) is 2.